The molecule has 1 N–H and O–H groups in total. The minimum absolute atomic E-state index is 0.171. The van der Waals surface area contributed by atoms with Gasteiger partial charge in [-0.15, -0.1) is 0 Å². The van der Waals surface area contributed by atoms with Gasteiger partial charge in [0.15, 0.2) is 0 Å². The van der Waals surface area contributed by atoms with Gasteiger partial charge in [-0.3, -0.25) is 9.80 Å². The molecule has 1 saturated heterocycles. The zero-order chi connectivity index (χ0) is 26.1. The summed E-state index contributed by atoms with van der Waals surface area (Å²) in [6, 6.07) is 5.39. The van der Waals surface area contributed by atoms with E-state index in [1.54, 1.807) is 28.6 Å². The SMILES string of the molecule is C[C@@H]1C(C(F)(F)F)=NN(c2ccc(OC3CCN(S(=O)(=O)C4CCCCC4)CC3)cc2)[C@H]1CC(=O)O. The molecule has 1 saturated carbocycles. The van der Waals surface area contributed by atoms with Gasteiger partial charge in [-0.2, -0.15) is 18.3 Å². The van der Waals surface area contributed by atoms with Crippen LogP contribution in [0.1, 0.15) is 58.3 Å². The lowest BCUT2D eigenvalue weighted by molar-refractivity contribution is -0.137. The van der Waals surface area contributed by atoms with Gasteiger partial charge in [0.1, 0.15) is 17.6 Å². The number of ether oxygens (including phenoxy) is 1. The van der Waals surface area contributed by atoms with Crippen LogP contribution < -0.4 is 9.75 Å². The van der Waals surface area contributed by atoms with Crippen molar-refractivity contribution in [3.8, 4) is 5.75 Å². The number of halogens is 3. The number of piperidine rings is 1. The summed E-state index contributed by atoms with van der Waals surface area (Å²) in [7, 11) is -3.29. The largest absolute Gasteiger partial charge is 0.490 e. The van der Waals surface area contributed by atoms with Gasteiger partial charge in [0.05, 0.1) is 23.4 Å². The van der Waals surface area contributed by atoms with Gasteiger partial charge in [0, 0.05) is 19.0 Å². The van der Waals surface area contributed by atoms with E-state index in [1.165, 1.54) is 6.92 Å². The van der Waals surface area contributed by atoms with Crippen LogP contribution in [0.4, 0.5) is 18.9 Å². The van der Waals surface area contributed by atoms with Crippen LogP contribution in [0.3, 0.4) is 0 Å². The molecule has 0 unspecified atom stereocenters. The third-order valence-corrected chi connectivity index (χ3v) is 9.75. The smallest absolute Gasteiger partial charge is 0.431 e. The summed E-state index contributed by atoms with van der Waals surface area (Å²) in [6.45, 7) is 2.14. The van der Waals surface area contributed by atoms with Crippen LogP contribution in [0.5, 0.6) is 5.75 Å². The van der Waals surface area contributed by atoms with Crippen molar-refractivity contribution in [2.45, 2.75) is 81.9 Å². The molecular weight excluding hydrogens is 499 g/mol. The van der Waals surface area contributed by atoms with Gasteiger partial charge >= 0.3 is 12.1 Å². The fraction of sp³-hybridized carbons (Fsp3) is 0.667. The molecule has 2 atom stereocenters. The Hall–Kier alpha value is -2.34. The number of carbonyl (C=O) groups is 1. The Labute approximate surface area is 209 Å². The van der Waals surface area contributed by atoms with Gasteiger partial charge in [0.25, 0.3) is 0 Å². The summed E-state index contributed by atoms with van der Waals surface area (Å²) in [5.74, 6) is -1.78. The first-order valence-electron chi connectivity index (χ1n) is 12.4. The second kappa shape index (κ2) is 10.6. The first-order chi connectivity index (χ1) is 17.0. The van der Waals surface area contributed by atoms with Crippen LogP contribution in [0.2, 0.25) is 0 Å². The van der Waals surface area contributed by atoms with Crippen LogP contribution in [-0.2, 0) is 14.8 Å². The number of nitrogens with zero attached hydrogens (tertiary/aromatic N) is 3. The van der Waals surface area contributed by atoms with Gasteiger partial charge < -0.3 is 9.84 Å². The lowest BCUT2D eigenvalue weighted by Crippen LogP contribution is -2.46. The maximum Gasteiger partial charge on any atom is 0.431 e. The van der Waals surface area contributed by atoms with Gasteiger partial charge in [0.2, 0.25) is 10.0 Å². The molecule has 2 aliphatic heterocycles. The number of hydrogen-bond donors (Lipinski definition) is 1. The molecule has 2 heterocycles. The van der Waals surface area contributed by atoms with E-state index in [-0.39, 0.29) is 11.4 Å². The second-order valence-electron chi connectivity index (χ2n) is 9.80. The predicted octanol–water partition coefficient (Wildman–Crippen LogP) is 4.41. The fourth-order valence-corrected chi connectivity index (χ4v) is 7.40. The number of rotatable bonds is 7. The van der Waals surface area contributed by atoms with Gasteiger partial charge in [-0.1, -0.05) is 26.2 Å². The van der Waals surface area contributed by atoms with Crippen molar-refractivity contribution >= 4 is 27.4 Å². The molecule has 200 valence electrons. The first-order valence-corrected chi connectivity index (χ1v) is 13.9. The molecule has 0 aromatic heterocycles. The van der Waals surface area contributed by atoms with E-state index in [2.05, 4.69) is 5.10 Å². The maximum absolute atomic E-state index is 13.4. The van der Waals surface area contributed by atoms with Crippen molar-refractivity contribution < 1.29 is 36.2 Å². The number of alkyl halides is 3. The summed E-state index contributed by atoms with van der Waals surface area (Å²) in [6.07, 6.45) is 0.256. The summed E-state index contributed by atoms with van der Waals surface area (Å²) in [4.78, 5) is 11.3. The maximum atomic E-state index is 13.4. The highest BCUT2D eigenvalue weighted by atomic mass is 32.2. The first kappa shape index (κ1) is 26.7. The third-order valence-electron chi connectivity index (χ3n) is 7.35. The number of aliphatic carboxylic acids is 1. The number of anilines is 1. The molecule has 1 aromatic carbocycles. The van der Waals surface area contributed by atoms with Crippen LogP contribution in [0.25, 0.3) is 0 Å². The van der Waals surface area contributed by atoms with Gasteiger partial charge in [-0.25, -0.2) is 12.7 Å². The fourth-order valence-electron chi connectivity index (χ4n) is 5.33. The zero-order valence-corrected chi connectivity index (χ0v) is 21.0. The molecule has 4 rings (SSSR count). The molecule has 0 amide bonds. The Morgan fingerprint density at radius 2 is 1.69 bits per heavy atom. The summed E-state index contributed by atoms with van der Waals surface area (Å²) >= 11 is 0. The minimum atomic E-state index is -4.65. The molecule has 0 spiro atoms. The van der Waals surface area contributed by atoms with E-state index in [1.807, 2.05) is 0 Å². The quantitative estimate of drug-likeness (QED) is 0.560. The Kier molecular flexibility index (Phi) is 7.84. The van der Waals surface area contributed by atoms with E-state index in [0.29, 0.717) is 37.4 Å². The van der Waals surface area contributed by atoms with E-state index in [0.717, 1.165) is 37.1 Å². The summed E-state index contributed by atoms with van der Waals surface area (Å²) in [5, 5.41) is 13.8. The highest BCUT2D eigenvalue weighted by Gasteiger charge is 2.48. The molecule has 0 bridgehead atoms. The molecule has 36 heavy (non-hydrogen) atoms. The van der Waals surface area contributed by atoms with Crippen molar-refractivity contribution in [1.82, 2.24) is 4.31 Å². The topological polar surface area (TPSA) is 99.5 Å². The van der Waals surface area contributed by atoms with Crippen molar-refractivity contribution in [2.75, 3.05) is 18.1 Å². The Balaban J connectivity index is 1.38. The molecule has 12 heteroatoms. The highest BCUT2D eigenvalue weighted by molar-refractivity contribution is 7.89. The third kappa shape index (κ3) is 5.80. The molecule has 2 fully saturated rings. The summed E-state index contributed by atoms with van der Waals surface area (Å²) < 4.78 is 73.6. The van der Waals surface area contributed by atoms with Crippen LogP contribution in [0.15, 0.2) is 29.4 Å². The van der Waals surface area contributed by atoms with E-state index >= 15 is 0 Å². The van der Waals surface area contributed by atoms with E-state index in [4.69, 9.17) is 4.74 Å². The Morgan fingerprint density at radius 1 is 1.08 bits per heavy atom. The van der Waals surface area contributed by atoms with E-state index < -0.39 is 46.3 Å². The predicted molar refractivity (Wildman–Crippen MR) is 129 cm³/mol. The number of hydrazone groups is 1. The number of hydrogen-bond acceptors (Lipinski definition) is 6. The van der Waals surface area contributed by atoms with Crippen molar-refractivity contribution in [1.29, 1.82) is 0 Å². The minimum Gasteiger partial charge on any atom is -0.490 e. The van der Waals surface area contributed by atoms with Crippen LogP contribution in [-0.4, -0.2) is 66.2 Å². The standard InChI is InChI=1S/C24H32F3N3O5S/c1-16-21(15-22(31)32)30(28-23(16)24(25,26)27)17-7-9-18(10-8-17)35-19-11-13-29(14-12-19)36(33,34)20-5-3-2-4-6-20/h7-10,16,19-21H,2-6,11-15H2,1H3,(H,31,32)/t16-,21-/m0/s1. The number of carboxylic acid groups (broad SMARTS) is 1. The second-order valence-corrected chi connectivity index (χ2v) is 12.0. The molecule has 0 radical (unpaired) electrons. The highest BCUT2D eigenvalue weighted by Crippen LogP contribution is 2.37. The number of sulfonamides is 1. The lowest BCUT2D eigenvalue weighted by atomic mass is 9.94. The normalized spacial score (nSPS) is 25.1. The van der Waals surface area contributed by atoms with Crippen molar-refractivity contribution in [3.63, 3.8) is 0 Å². The number of carboxylic acids is 1. The Morgan fingerprint density at radius 3 is 2.25 bits per heavy atom. The molecular formula is C24H32F3N3O5S. The van der Waals surface area contributed by atoms with Crippen LogP contribution >= 0.6 is 0 Å². The lowest BCUT2D eigenvalue weighted by Gasteiger charge is -2.35. The van der Waals surface area contributed by atoms with E-state index in [9.17, 15) is 31.5 Å². The average molecular weight is 532 g/mol. The molecule has 8 nitrogen and oxygen atoms in total. The molecule has 1 aromatic rings. The average Bonchev–Trinajstić information content (AvgIpc) is 3.16. The molecule has 3 aliphatic rings. The monoisotopic (exact) mass is 531 g/mol. The summed E-state index contributed by atoms with van der Waals surface area (Å²) in [5.41, 5.74) is -0.655. The van der Waals surface area contributed by atoms with Gasteiger partial charge in [-0.05, 0) is 49.9 Å². The molecule has 1 aliphatic carbocycles. The van der Waals surface area contributed by atoms with Crippen molar-refractivity contribution in [2.24, 2.45) is 11.0 Å². The zero-order valence-electron chi connectivity index (χ0n) is 20.2. The van der Waals surface area contributed by atoms with Crippen molar-refractivity contribution in [3.05, 3.63) is 24.3 Å². The van der Waals surface area contributed by atoms with Crippen LogP contribution in [0, 0.1) is 5.92 Å². The Bertz CT molecular complexity index is 1060. The number of benzene rings is 1.